The number of aryl methyl sites for hydroxylation is 1. The van der Waals surface area contributed by atoms with Crippen LogP contribution in [0.5, 0.6) is 5.75 Å². The molecule has 1 atom stereocenters. The van der Waals surface area contributed by atoms with E-state index in [4.69, 9.17) is 4.74 Å². The first kappa shape index (κ1) is 17.1. The van der Waals surface area contributed by atoms with E-state index < -0.39 is 5.72 Å². The van der Waals surface area contributed by atoms with Crippen molar-refractivity contribution in [3.05, 3.63) is 59.7 Å². The van der Waals surface area contributed by atoms with Crippen molar-refractivity contribution in [1.82, 2.24) is 0 Å². The number of amidine groups is 1. The summed E-state index contributed by atoms with van der Waals surface area (Å²) in [6.45, 7) is 6.21. The number of hydrogen-bond acceptors (Lipinski definition) is 3. The average Bonchev–Trinajstić information content (AvgIpc) is 2.97. The van der Waals surface area contributed by atoms with E-state index >= 15 is 0 Å². The van der Waals surface area contributed by atoms with E-state index in [2.05, 4.69) is 40.7 Å². The lowest BCUT2D eigenvalue weighted by Crippen LogP contribution is -2.41. The second kappa shape index (κ2) is 6.76. The Hall–Kier alpha value is -2.33. The molecular formula is C22H27N2O2+. The van der Waals surface area contributed by atoms with Crippen molar-refractivity contribution in [1.29, 1.82) is 0 Å². The standard InChI is InChI=1S/C22H27N2O2/c1-3-26-19-13-11-18(12-14-19)22(25)16-23(20-9-5-4-8-17(20)2)21-10-6-7-15-24(21)22/h4-5,8-9,11-14,25H,3,6-7,10,15-16H2,1-2H3/q+1. The maximum atomic E-state index is 11.7. The molecule has 1 N–H and O–H groups in total. The van der Waals surface area contributed by atoms with Crippen molar-refractivity contribution >= 4 is 11.5 Å². The summed E-state index contributed by atoms with van der Waals surface area (Å²) < 4.78 is 7.77. The van der Waals surface area contributed by atoms with Gasteiger partial charge in [-0.1, -0.05) is 18.2 Å². The van der Waals surface area contributed by atoms with Crippen LogP contribution in [-0.2, 0) is 5.72 Å². The molecule has 0 aromatic heterocycles. The maximum Gasteiger partial charge on any atom is 0.271 e. The van der Waals surface area contributed by atoms with Crippen LogP contribution in [0.25, 0.3) is 0 Å². The van der Waals surface area contributed by atoms with Gasteiger partial charge in [0.15, 0.2) is 6.54 Å². The SMILES string of the molecule is CCOc1ccc(C2(O)CN(c3ccccc3C)C3=[N+]2CCCC3)cc1. The molecule has 26 heavy (non-hydrogen) atoms. The minimum atomic E-state index is -0.997. The third kappa shape index (κ3) is 2.78. The monoisotopic (exact) mass is 351 g/mol. The number of ether oxygens (including phenoxy) is 1. The molecule has 2 aromatic rings. The van der Waals surface area contributed by atoms with Gasteiger partial charge in [0.25, 0.3) is 11.6 Å². The van der Waals surface area contributed by atoms with Gasteiger partial charge in [-0.3, -0.25) is 0 Å². The highest BCUT2D eigenvalue weighted by Gasteiger charge is 2.52. The molecule has 4 rings (SSSR count). The first-order chi connectivity index (χ1) is 12.6. The van der Waals surface area contributed by atoms with E-state index in [0.717, 1.165) is 30.7 Å². The molecule has 0 spiro atoms. The topological polar surface area (TPSA) is 35.7 Å². The Morgan fingerprint density at radius 1 is 1.12 bits per heavy atom. The van der Waals surface area contributed by atoms with Gasteiger partial charge >= 0.3 is 0 Å². The Morgan fingerprint density at radius 3 is 2.62 bits per heavy atom. The summed E-state index contributed by atoms with van der Waals surface area (Å²) in [4.78, 5) is 2.31. The summed E-state index contributed by atoms with van der Waals surface area (Å²) in [6, 6.07) is 16.3. The van der Waals surface area contributed by atoms with Gasteiger partial charge in [0.1, 0.15) is 11.4 Å². The van der Waals surface area contributed by atoms with E-state index in [0.29, 0.717) is 13.2 Å². The molecule has 0 saturated carbocycles. The summed E-state index contributed by atoms with van der Waals surface area (Å²) in [5, 5.41) is 11.7. The van der Waals surface area contributed by atoms with Crippen molar-refractivity contribution in [2.45, 2.75) is 38.8 Å². The molecule has 0 aliphatic carbocycles. The third-order valence-corrected chi connectivity index (χ3v) is 5.51. The van der Waals surface area contributed by atoms with Crippen LogP contribution in [0.4, 0.5) is 5.69 Å². The van der Waals surface area contributed by atoms with Crippen LogP contribution in [0.2, 0.25) is 0 Å². The molecule has 1 unspecified atom stereocenters. The van der Waals surface area contributed by atoms with Gasteiger partial charge in [-0.25, -0.2) is 9.48 Å². The number of benzene rings is 2. The van der Waals surface area contributed by atoms with Crippen molar-refractivity contribution in [3.8, 4) is 5.75 Å². The first-order valence-corrected chi connectivity index (χ1v) is 9.56. The zero-order valence-corrected chi connectivity index (χ0v) is 15.6. The molecular weight excluding hydrogens is 324 g/mol. The number of para-hydroxylation sites is 1. The van der Waals surface area contributed by atoms with Crippen LogP contribution in [-0.4, -0.2) is 35.2 Å². The van der Waals surface area contributed by atoms with E-state index in [1.165, 1.54) is 23.5 Å². The summed E-state index contributed by atoms with van der Waals surface area (Å²) in [5.41, 5.74) is 2.36. The van der Waals surface area contributed by atoms with Crippen molar-refractivity contribution in [2.75, 3.05) is 24.6 Å². The molecule has 0 bridgehead atoms. The largest absolute Gasteiger partial charge is 0.494 e. The third-order valence-electron chi connectivity index (χ3n) is 5.51. The van der Waals surface area contributed by atoms with Gasteiger partial charge in [-0.2, -0.15) is 0 Å². The number of hydrogen-bond donors (Lipinski definition) is 1. The van der Waals surface area contributed by atoms with Crippen molar-refractivity contribution in [2.24, 2.45) is 0 Å². The van der Waals surface area contributed by atoms with Crippen LogP contribution in [0, 0.1) is 6.92 Å². The van der Waals surface area contributed by atoms with Crippen molar-refractivity contribution < 1.29 is 14.4 Å². The van der Waals surface area contributed by atoms with Crippen LogP contribution in [0.3, 0.4) is 0 Å². The summed E-state index contributed by atoms with van der Waals surface area (Å²) in [7, 11) is 0. The second-order valence-corrected chi connectivity index (χ2v) is 7.17. The normalized spacial score (nSPS) is 22.5. The Balaban J connectivity index is 1.75. The van der Waals surface area contributed by atoms with Gasteiger partial charge in [0, 0.05) is 12.0 Å². The molecule has 0 fully saturated rings. The van der Waals surface area contributed by atoms with Gasteiger partial charge in [-0.15, -0.1) is 0 Å². The minimum Gasteiger partial charge on any atom is -0.494 e. The van der Waals surface area contributed by atoms with Gasteiger partial charge in [0.2, 0.25) is 0 Å². The zero-order valence-electron chi connectivity index (χ0n) is 15.6. The van der Waals surface area contributed by atoms with E-state index in [1.54, 1.807) is 0 Å². The molecule has 0 radical (unpaired) electrons. The number of β-amino-alcohol motifs (C(OH)–C–C–N with tert-alkyl or cyclic N) is 1. The zero-order chi connectivity index (χ0) is 18.1. The minimum absolute atomic E-state index is 0.557. The summed E-state index contributed by atoms with van der Waals surface area (Å²) in [5.74, 6) is 2.08. The lowest BCUT2D eigenvalue weighted by molar-refractivity contribution is -0.661. The van der Waals surface area contributed by atoms with E-state index in [1.807, 2.05) is 31.2 Å². The first-order valence-electron chi connectivity index (χ1n) is 9.56. The van der Waals surface area contributed by atoms with E-state index in [9.17, 15) is 5.11 Å². The van der Waals surface area contributed by atoms with Crippen LogP contribution in [0.15, 0.2) is 48.5 Å². The van der Waals surface area contributed by atoms with Gasteiger partial charge in [-0.05, 0) is 62.6 Å². The maximum absolute atomic E-state index is 11.7. The van der Waals surface area contributed by atoms with Gasteiger partial charge in [0.05, 0.1) is 13.2 Å². The van der Waals surface area contributed by atoms with Crippen LogP contribution in [0.1, 0.15) is 37.3 Å². The second-order valence-electron chi connectivity index (χ2n) is 7.17. The van der Waals surface area contributed by atoms with Crippen LogP contribution >= 0.6 is 0 Å². The number of aliphatic hydroxyl groups is 1. The molecule has 4 heteroatoms. The quantitative estimate of drug-likeness (QED) is 0.854. The predicted molar refractivity (Wildman–Crippen MR) is 104 cm³/mol. The Kier molecular flexibility index (Phi) is 4.45. The fourth-order valence-corrected chi connectivity index (χ4v) is 4.22. The average molecular weight is 351 g/mol. The lowest BCUT2D eigenvalue weighted by atomic mass is 10.0. The smallest absolute Gasteiger partial charge is 0.271 e. The number of nitrogens with zero attached hydrogens (tertiary/aromatic N) is 2. The fraction of sp³-hybridized carbons (Fsp3) is 0.409. The molecule has 2 aliphatic rings. The van der Waals surface area contributed by atoms with Crippen LogP contribution < -0.4 is 9.64 Å². The predicted octanol–water partition coefficient (Wildman–Crippen LogP) is 3.65. The molecule has 0 amide bonds. The van der Waals surface area contributed by atoms with Gasteiger partial charge < -0.3 is 9.84 Å². The Morgan fingerprint density at radius 2 is 1.88 bits per heavy atom. The highest BCUT2D eigenvalue weighted by Crippen LogP contribution is 2.37. The fourth-order valence-electron chi connectivity index (χ4n) is 4.22. The molecule has 2 aromatic carbocycles. The van der Waals surface area contributed by atoms with E-state index in [-0.39, 0.29) is 0 Å². The molecule has 2 aliphatic heterocycles. The molecule has 4 nitrogen and oxygen atoms in total. The molecule has 2 heterocycles. The molecule has 0 saturated heterocycles. The Bertz CT molecular complexity index is 828. The van der Waals surface area contributed by atoms with Crippen molar-refractivity contribution in [3.63, 3.8) is 0 Å². The number of rotatable bonds is 4. The highest BCUT2D eigenvalue weighted by molar-refractivity contribution is 5.96. The lowest BCUT2D eigenvalue weighted by Gasteiger charge is -2.24. The highest BCUT2D eigenvalue weighted by atomic mass is 16.5. The number of anilines is 1. The summed E-state index contributed by atoms with van der Waals surface area (Å²) >= 11 is 0. The Labute approximate surface area is 155 Å². The summed E-state index contributed by atoms with van der Waals surface area (Å²) in [6.07, 6.45) is 3.30. The molecule has 136 valence electrons.